The number of anilines is 1. The molecule has 1 aromatic heterocycles. The van der Waals surface area contributed by atoms with Crippen molar-refractivity contribution in [3.63, 3.8) is 0 Å². The fourth-order valence-corrected chi connectivity index (χ4v) is 3.05. The number of nitrogens with zero attached hydrogens (tertiary/aromatic N) is 1. The molecular formula is C18H21N3O3. The standard InChI is InChI=1S/C18H21N3O3/c1-3-23-17-7-12-6-10(2)24-16(12)9-14(17)19-18(22)15-8-13(20-21-15)11-4-5-11/h7-11H,3-6H2,1-2H3,(H,19,22)(H,20,21). The van der Waals surface area contributed by atoms with Crippen LogP contribution in [0.3, 0.4) is 0 Å². The normalized spacial score (nSPS) is 18.8. The summed E-state index contributed by atoms with van der Waals surface area (Å²) < 4.78 is 11.5. The number of amides is 1. The van der Waals surface area contributed by atoms with Gasteiger partial charge >= 0.3 is 0 Å². The molecule has 1 aliphatic heterocycles. The van der Waals surface area contributed by atoms with Crippen LogP contribution in [-0.2, 0) is 6.42 Å². The van der Waals surface area contributed by atoms with Crippen LogP contribution in [0, 0.1) is 0 Å². The van der Waals surface area contributed by atoms with Gasteiger partial charge in [-0.25, -0.2) is 0 Å². The third kappa shape index (κ3) is 2.84. The Balaban J connectivity index is 1.58. The minimum absolute atomic E-state index is 0.146. The van der Waals surface area contributed by atoms with Gasteiger partial charge in [0.1, 0.15) is 17.6 Å². The van der Waals surface area contributed by atoms with Gasteiger partial charge in [0.25, 0.3) is 5.91 Å². The van der Waals surface area contributed by atoms with Crippen LogP contribution >= 0.6 is 0 Å². The van der Waals surface area contributed by atoms with E-state index < -0.39 is 0 Å². The van der Waals surface area contributed by atoms with Crippen LogP contribution in [0.25, 0.3) is 0 Å². The zero-order chi connectivity index (χ0) is 16.7. The minimum Gasteiger partial charge on any atom is -0.492 e. The second-order valence-electron chi connectivity index (χ2n) is 6.46. The quantitative estimate of drug-likeness (QED) is 0.884. The number of hydrogen-bond acceptors (Lipinski definition) is 4. The fraction of sp³-hybridized carbons (Fsp3) is 0.444. The molecule has 1 unspecified atom stereocenters. The number of nitrogens with one attached hydrogen (secondary N) is 2. The van der Waals surface area contributed by atoms with E-state index in [9.17, 15) is 4.79 Å². The number of aromatic amines is 1. The summed E-state index contributed by atoms with van der Waals surface area (Å²) >= 11 is 0. The molecule has 1 amide bonds. The van der Waals surface area contributed by atoms with Crippen molar-refractivity contribution < 1.29 is 14.3 Å². The number of aromatic nitrogens is 2. The lowest BCUT2D eigenvalue weighted by Gasteiger charge is -2.13. The van der Waals surface area contributed by atoms with E-state index in [1.807, 2.05) is 32.0 Å². The first-order chi connectivity index (χ1) is 11.6. The van der Waals surface area contributed by atoms with Crippen LogP contribution in [0.1, 0.15) is 54.4 Å². The van der Waals surface area contributed by atoms with Crippen LogP contribution in [0.4, 0.5) is 5.69 Å². The van der Waals surface area contributed by atoms with Gasteiger partial charge in [-0.05, 0) is 38.8 Å². The molecule has 6 heteroatoms. The summed E-state index contributed by atoms with van der Waals surface area (Å²) in [5.74, 6) is 1.76. The first-order valence-electron chi connectivity index (χ1n) is 8.47. The van der Waals surface area contributed by atoms with Gasteiger partial charge in [-0.3, -0.25) is 9.89 Å². The van der Waals surface area contributed by atoms with Crippen molar-refractivity contribution in [2.24, 2.45) is 0 Å². The van der Waals surface area contributed by atoms with Crippen LogP contribution in [0.2, 0.25) is 0 Å². The number of hydrogen-bond donors (Lipinski definition) is 2. The van der Waals surface area contributed by atoms with E-state index in [1.165, 1.54) is 0 Å². The number of carbonyl (C=O) groups excluding carboxylic acids is 1. The van der Waals surface area contributed by atoms with Crippen molar-refractivity contribution in [1.29, 1.82) is 0 Å². The molecule has 2 N–H and O–H groups in total. The van der Waals surface area contributed by atoms with E-state index in [0.717, 1.165) is 36.3 Å². The number of H-pyrrole nitrogens is 1. The first kappa shape index (κ1) is 15.1. The monoisotopic (exact) mass is 327 g/mol. The average molecular weight is 327 g/mol. The van der Waals surface area contributed by atoms with E-state index in [2.05, 4.69) is 15.5 Å². The Morgan fingerprint density at radius 3 is 3.00 bits per heavy atom. The van der Waals surface area contributed by atoms with Crippen LogP contribution in [0.5, 0.6) is 11.5 Å². The predicted molar refractivity (Wildman–Crippen MR) is 89.9 cm³/mol. The Kier molecular flexibility index (Phi) is 3.67. The zero-order valence-electron chi connectivity index (χ0n) is 13.9. The average Bonchev–Trinajstić information content (AvgIpc) is 3.16. The highest BCUT2D eigenvalue weighted by atomic mass is 16.5. The van der Waals surface area contributed by atoms with Gasteiger partial charge in [0.2, 0.25) is 0 Å². The Hall–Kier alpha value is -2.50. The Bertz CT molecular complexity index is 780. The highest BCUT2D eigenvalue weighted by molar-refractivity contribution is 6.04. The zero-order valence-corrected chi connectivity index (χ0v) is 13.9. The second-order valence-corrected chi connectivity index (χ2v) is 6.46. The lowest BCUT2D eigenvalue weighted by atomic mass is 10.1. The van der Waals surface area contributed by atoms with E-state index in [1.54, 1.807) is 0 Å². The molecule has 2 aromatic rings. The van der Waals surface area contributed by atoms with Crippen molar-refractivity contribution in [3.05, 3.63) is 35.2 Å². The minimum atomic E-state index is -0.245. The lowest BCUT2D eigenvalue weighted by molar-refractivity contribution is 0.102. The Morgan fingerprint density at radius 1 is 1.42 bits per heavy atom. The molecule has 2 aliphatic rings. The smallest absolute Gasteiger partial charge is 0.276 e. The highest BCUT2D eigenvalue weighted by Crippen LogP contribution is 2.40. The van der Waals surface area contributed by atoms with Crippen molar-refractivity contribution in [1.82, 2.24) is 10.2 Å². The van der Waals surface area contributed by atoms with Crippen LogP contribution in [0.15, 0.2) is 18.2 Å². The molecule has 1 saturated carbocycles. The molecular weight excluding hydrogens is 306 g/mol. The second kappa shape index (κ2) is 5.85. The number of benzene rings is 1. The molecule has 24 heavy (non-hydrogen) atoms. The van der Waals surface area contributed by atoms with Gasteiger partial charge in [-0.2, -0.15) is 5.10 Å². The summed E-state index contributed by atoms with van der Waals surface area (Å²) in [4.78, 5) is 12.5. The maximum absolute atomic E-state index is 12.5. The molecule has 1 atom stereocenters. The predicted octanol–water partition coefficient (Wildman–Crippen LogP) is 3.26. The third-order valence-electron chi connectivity index (χ3n) is 4.39. The Labute approximate surface area is 140 Å². The van der Waals surface area contributed by atoms with Crippen LogP contribution < -0.4 is 14.8 Å². The SMILES string of the molecule is CCOc1cc2c(cc1NC(=O)c1cc(C3CC3)[nH]n1)OC(C)C2. The Morgan fingerprint density at radius 2 is 2.25 bits per heavy atom. The van der Waals surface area contributed by atoms with Crippen molar-refractivity contribution in [3.8, 4) is 11.5 Å². The number of carbonyl (C=O) groups is 1. The summed E-state index contributed by atoms with van der Waals surface area (Å²) in [6, 6.07) is 5.63. The fourth-order valence-electron chi connectivity index (χ4n) is 3.05. The number of ether oxygens (including phenoxy) is 2. The summed E-state index contributed by atoms with van der Waals surface area (Å²) in [5, 5.41) is 9.98. The van der Waals surface area contributed by atoms with Crippen molar-refractivity contribution >= 4 is 11.6 Å². The molecule has 1 fully saturated rings. The van der Waals surface area contributed by atoms with E-state index in [-0.39, 0.29) is 12.0 Å². The third-order valence-corrected chi connectivity index (χ3v) is 4.39. The van der Waals surface area contributed by atoms with Crippen LogP contribution in [-0.4, -0.2) is 28.8 Å². The van der Waals surface area contributed by atoms with Gasteiger partial charge in [0, 0.05) is 29.7 Å². The first-order valence-corrected chi connectivity index (χ1v) is 8.47. The summed E-state index contributed by atoms with van der Waals surface area (Å²) in [7, 11) is 0. The number of fused-ring (bicyclic) bond motifs is 1. The molecule has 2 heterocycles. The molecule has 126 valence electrons. The van der Waals surface area contributed by atoms with E-state index in [0.29, 0.717) is 29.7 Å². The highest BCUT2D eigenvalue weighted by Gasteiger charge is 2.27. The van der Waals surface area contributed by atoms with Gasteiger partial charge in [0.15, 0.2) is 5.69 Å². The molecule has 0 radical (unpaired) electrons. The van der Waals surface area contributed by atoms with E-state index >= 15 is 0 Å². The maximum atomic E-state index is 12.5. The van der Waals surface area contributed by atoms with E-state index in [4.69, 9.17) is 9.47 Å². The lowest BCUT2D eigenvalue weighted by Crippen LogP contribution is -2.13. The summed E-state index contributed by atoms with van der Waals surface area (Å²) in [6.45, 7) is 4.49. The molecule has 1 aromatic carbocycles. The summed E-state index contributed by atoms with van der Waals surface area (Å²) in [6.07, 6.45) is 3.33. The van der Waals surface area contributed by atoms with Gasteiger partial charge in [-0.1, -0.05) is 0 Å². The molecule has 0 saturated heterocycles. The van der Waals surface area contributed by atoms with Crippen molar-refractivity contribution in [2.45, 2.75) is 45.1 Å². The molecule has 6 nitrogen and oxygen atoms in total. The van der Waals surface area contributed by atoms with Crippen molar-refractivity contribution in [2.75, 3.05) is 11.9 Å². The molecule has 0 bridgehead atoms. The summed E-state index contributed by atoms with van der Waals surface area (Å²) in [5.41, 5.74) is 3.16. The maximum Gasteiger partial charge on any atom is 0.276 e. The van der Waals surface area contributed by atoms with Gasteiger partial charge in [0.05, 0.1) is 12.3 Å². The molecule has 4 rings (SSSR count). The largest absolute Gasteiger partial charge is 0.492 e. The van der Waals surface area contributed by atoms with Gasteiger partial charge in [-0.15, -0.1) is 0 Å². The molecule has 1 aliphatic carbocycles. The number of rotatable bonds is 5. The van der Waals surface area contributed by atoms with Gasteiger partial charge < -0.3 is 14.8 Å². The molecule has 0 spiro atoms. The topological polar surface area (TPSA) is 76.2 Å².